The quantitative estimate of drug-likeness (QED) is 0.778. The summed E-state index contributed by atoms with van der Waals surface area (Å²) in [5.41, 5.74) is 6.64. The second-order valence-electron chi connectivity index (χ2n) is 6.23. The monoisotopic (exact) mass is 224 g/mol. The second kappa shape index (κ2) is 5.05. The van der Waals surface area contributed by atoms with Crippen LogP contribution in [0.3, 0.4) is 0 Å². The first-order valence-electron chi connectivity index (χ1n) is 7.10. The van der Waals surface area contributed by atoms with Crippen LogP contribution in [0.4, 0.5) is 0 Å². The highest BCUT2D eigenvalue weighted by Gasteiger charge is 2.32. The average molecular weight is 224 g/mol. The van der Waals surface area contributed by atoms with Crippen LogP contribution in [0.5, 0.6) is 0 Å². The third-order valence-electron chi connectivity index (χ3n) is 4.81. The van der Waals surface area contributed by atoms with E-state index in [1.807, 2.05) is 0 Å². The van der Waals surface area contributed by atoms with Crippen molar-refractivity contribution in [2.75, 3.05) is 13.6 Å². The zero-order valence-electron chi connectivity index (χ0n) is 11.0. The summed E-state index contributed by atoms with van der Waals surface area (Å²) in [7, 11) is 2.27. The lowest BCUT2D eigenvalue weighted by Gasteiger charge is -2.36. The molecule has 2 nitrogen and oxygen atoms in total. The molecular formula is C14H28N2. The summed E-state index contributed by atoms with van der Waals surface area (Å²) < 4.78 is 0. The summed E-state index contributed by atoms with van der Waals surface area (Å²) in [6.45, 7) is 3.57. The van der Waals surface area contributed by atoms with E-state index in [0.717, 1.165) is 12.0 Å². The van der Waals surface area contributed by atoms with Gasteiger partial charge in [0.25, 0.3) is 0 Å². The standard InChI is InChI=1S/C14H28N2/c1-12(13-6-7-13)16(2)11-10-14(15)8-4-3-5-9-14/h12-13H,3-11,15H2,1-2H3. The number of nitrogens with zero attached hydrogens (tertiary/aromatic N) is 1. The van der Waals surface area contributed by atoms with E-state index in [4.69, 9.17) is 5.73 Å². The van der Waals surface area contributed by atoms with Crippen molar-refractivity contribution in [3.63, 3.8) is 0 Å². The van der Waals surface area contributed by atoms with Gasteiger partial charge in [-0.15, -0.1) is 0 Å². The third-order valence-corrected chi connectivity index (χ3v) is 4.81. The van der Waals surface area contributed by atoms with E-state index in [9.17, 15) is 0 Å². The molecule has 2 fully saturated rings. The van der Waals surface area contributed by atoms with Crippen molar-refractivity contribution in [1.82, 2.24) is 4.90 Å². The van der Waals surface area contributed by atoms with Gasteiger partial charge in [-0.05, 0) is 58.5 Å². The first-order valence-corrected chi connectivity index (χ1v) is 7.10. The summed E-state index contributed by atoms with van der Waals surface area (Å²) in [5, 5.41) is 0. The Morgan fingerprint density at radius 1 is 1.25 bits per heavy atom. The largest absolute Gasteiger partial charge is 0.325 e. The van der Waals surface area contributed by atoms with Gasteiger partial charge < -0.3 is 10.6 Å². The van der Waals surface area contributed by atoms with E-state index in [0.29, 0.717) is 0 Å². The van der Waals surface area contributed by atoms with Crippen molar-refractivity contribution >= 4 is 0 Å². The summed E-state index contributed by atoms with van der Waals surface area (Å²) >= 11 is 0. The molecular weight excluding hydrogens is 196 g/mol. The highest BCUT2D eigenvalue weighted by atomic mass is 15.1. The molecule has 0 aromatic rings. The van der Waals surface area contributed by atoms with Gasteiger partial charge in [-0.2, -0.15) is 0 Å². The van der Waals surface area contributed by atoms with Crippen LogP contribution in [0, 0.1) is 5.92 Å². The van der Waals surface area contributed by atoms with Gasteiger partial charge in [0, 0.05) is 11.6 Å². The van der Waals surface area contributed by atoms with Crippen molar-refractivity contribution in [1.29, 1.82) is 0 Å². The molecule has 2 rings (SSSR count). The van der Waals surface area contributed by atoms with Crippen LogP contribution in [0.15, 0.2) is 0 Å². The van der Waals surface area contributed by atoms with Crippen LogP contribution in [0.25, 0.3) is 0 Å². The molecule has 2 saturated carbocycles. The van der Waals surface area contributed by atoms with Gasteiger partial charge >= 0.3 is 0 Å². The number of hydrogen-bond acceptors (Lipinski definition) is 2. The fourth-order valence-corrected chi connectivity index (χ4v) is 3.05. The maximum atomic E-state index is 6.47. The number of rotatable bonds is 5. The van der Waals surface area contributed by atoms with Gasteiger partial charge in [0.1, 0.15) is 0 Å². The fourth-order valence-electron chi connectivity index (χ4n) is 3.05. The van der Waals surface area contributed by atoms with Gasteiger partial charge in [-0.25, -0.2) is 0 Å². The highest BCUT2D eigenvalue weighted by molar-refractivity contribution is 4.89. The molecule has 2 N–H and O–H groups in total. The Bertz CT molecular complexity index is 217. The summed E-state index contributed by atoms with van der Waals surface area (Å²) in [4.78, 5) is 2.53. The lowest BCUT2D eigenvalue weighted by Crippen LogP contribution is -2.45. The Morgan fingerprint density at radius 3 is 2.44 bits per heavy atom. The van der Waals surface area contributed by atoms with Crippen molar-refractivity contribution in [2.45, 2.75) is 69.9 Å². The van der Waals surface area contributed by atoms with Crippen LogP contribution >= 0.6 is 0 Å². The molecule has 2 heteroatoms. The molecule has 94 valence electrons. The Hall–Kier alpha value is -0.0800. The molecule has 0 amide bonds. The zero-order chi connectivity index (χ0) is 11.6. The Morgan fingerprint density at radius 2 is 1.88 bits per heavy atom. The van der Waals surface area contributed by atoms with Crippen LogP contribution in [-0.2, 0) is 0 Å². The van der Waals surface area contributed by atoms with E-state index < -0.39 is 0 Å². The first kappa shape index (κ1) is 12.4. The molecule has 0 aliphatic heterocycles. The van der Waals surface area contributed by atoms with E-state index in [-0.39, 0.29) is 5.54 Å². The van der Waals surface area contributed by atoms with Crippen LogP contribution in [0.2, 0.25) is 0 Å². The number of nitrogens with two attached hydrogens (primary N) is 1. The van der Waals surface area contributed by atoms with Crippen LogP contribution in [0.1, 0.15) is 58.3 Å². The maximum Gasteiger partial charge on any atom is 0.0166 e. The molecule has 16 heavy (non-hydrogen) atoms. The van der Waals surface area contributed by atoms with Crippen molar-refractivity contribution in [3.8, 4) is 0 Å². The molecule has 0 saturated heterocycles. The van der Waals surface area contributed by atoms with Gasteiger partial charge in [-0.3, -0.25) is 0 Å². The highest BCUT2D eigenvalue weighted by Crippen LogP contribution is 2.35. The normalized spacial score (nSPS) is 27.0. The van der Waals surface area contributed by atoms with Crippen LogP contribution in [-0.4, -0.2) is 30.1 Å². The molecule has 0 aromatic heterocycles. The van der Waals surface area contributed by atoms with Crippen molar-refractivity contribution < 1.29 is 0 Å². The molecule has 1 atom stereocenters. The van der Waals surface area contributed by atoms with E-state index in [1.165, 1.54) is 57.9 Å². The Balaban J connectivity index is 1.72. The molecule has 2 aliphatic carbocycles. The molecule has 0 aromatic carbocycles. The molecule has 1 unspecified atom stereocenters. The Labute approximate surface area is 101 Å². The van der Waals surface area contributed by atoms with Gasteiger partial charge in [0.05, 0.1) is 0 Å². The Kier molecular flexibility index (Phi) is 3.91. The van der Waals surface area contributed by atoms with E-state index in [1.54, 1.807) is 0 Å². The van der Waals surface area contributed by atoms with Gasteiger partial charge in [0.15, 0.2) is 0 Å². The summed E-state index contributed by atoms with van der Waals surface area (Å²) in [6, 6.07) is 0.771. The number of hydrogen-bond donors (Lipinski definition) is 1. The third kappa shape index (κ3) is 3.21. The lowest BCUT2D eigenvalue weighted by molar-refractivity contribution is 0.188. The minimum atomic E-state index is 0.162. The predicted octanol–water partition coefficient (Wildman–Crippen LogP) is 2.77. The van der Waals surface area contributed by atoms with E-state index >= 15 is 0 Å². The summed E-state index contributed by atoms with van der Waals surface area (Å²) in [5.74, 6) is 0.977. The van der Waals surface area contributed by atoms with Gasteiger partial charge in [0.2, 0.25) is 0 Å². The summed E-state index contributed by atoms with van der Waals surface area (Å²) in [6.07, 6.45) is 10.7. The van der Waals surface area contributed by atoms with Crippen LogP contribution < -0.4 is 5.73 Å². The predicted molar refractivity (Wildman–Crippen MR) is 69.4 cm³/mol. The average Bonchev–Trinajstić information content (AvgIpc) is 3.10. The minimum absolute atomic E-state index is 0.162. The minimum Gasteiger partial charge on any atom is -0.325 e. The van der Waals surface area contributed by atoms with Crippen molar-refractivity contribution in [3.05, 3.63) is 0 Å². The maximum absolute atomic E-state index is 6.47. The zero-order valence-corrected chi connectivity index (χ0v) is 11.0. The van der Waals surface area contributed by atoms with E-state index in [2.05, 4.69) is 18.9 Å². The fraction of sp³-hybridized carbons (Fsp3) is 1.00. The molecule has 0 spiro atoms. The first-order chi connectivity index (χ1) is 7.61. The molecule has 0 heterocycles. The topological polar surface area (TPSA) is 29.3 Å². The molecule has 0 radical (unpaired) electrons. The second-order valence-corrected chi connectivity index (χ2v) is 6.23. The molecule has 2 aliphatic rings. The SMILES string of the molecule is CC(C1CC1)N(C)CCC1(N)CCCCC1. The lowest BCUT2D eigenvalue weighted by atomic mass is 9.80. The molecule has 0 bridgehead atoms. The van der Waals surface area contributed by atoms with Crippen molar-refractivity contribution in [2.24, 2.45) is 11.7 Å². The smallest absolute Gasteiger partial charge is 0.0166 e. The van der Waals surface area contributed by atoms with Gasteiger partial charge in [-0.1, -0.05) is 19.3 Å².